The number of aromatic nitrogens is 3. The molecule has 238 valence electrons. The zero-order valence-corrected chi connectivity index (χ0v) is 24.0. The number of carbonyl (C=O) groups is 2. The molecule has 1 fully saturated rings. The Labute approximate surface area is 250 Å². The van der Waals surface area contributed by atoms with Crippen LogP contribution < -0.4 is 4.74 Å². The van der Waals surface area contributed by atoms with Crippen molar-refractivity contribution >= 4 is 28.9 Å². The van der Waals surface area contributed by atoms with Gasteiger partial charge in [-0.3, -0.25) is 14.2 Å². The molecule has 0 saturated carbocycles. The molecule has 44 heavy (non-hydrogen) atoms. The molecule has 1 unspecified atom stereocenters. The average molecular weight is 648 g/mol. The number of rotatable bonds is 5. The Balaban J connectivity index is 0.000000317. The van der Waals surface area contributed by atoms with Gasteiger partial charge >= 0.3 is 24.3 Å². The minimum atomic E-state index is -5.08. The van der Waals surface area contributed by atoms with Gasteiger partial charge in [-0.15, -0.1) is 11.3 Å². The van der Waals surface area contributed by atoms with Crippen LogP contribution in [0, 0.1) is 0 Å². The number of pyridine rings is 1. The van der Waals surface area contributed by atoms with E-state index < -0.39 is 24.3 Å². The first-order valence-corrected chi connectivity index (χ1v) is 13.5. The number of thiazole rings is 1. The van der Waals surface area contributed by atoms with Crippen LogP contribution in [0.2, 0.25) is 0 Å². The number of methoxy groups -OCH3 is 1. The normalized spacial score (nSPS) is 16.0. The largest absolute Gasteiger partial charge is 0.497 e. The molecule has 1 aromatic carbocycles. The highest BCUT2D eigenvalue weighted by atomic mass is 32.1. The van der Waals surface area contributed by atoms with E-state index in [1.165, 1.54) is 5.01 Å². The molecule has 2 N–H and O–H groups in total. The third-order valence-electron chi connectivity index (χ3n) is 6.30. The summed E-state index contributed by atoms with van der Waals surface area (Å²) in [5.74, 6) is -4.65. The van der Waals surface area contributed by atoms with Crippen LogP contribution in [0.15, 0.2) is 60.2 Å². The molecule has 10 nitrogen and oxygen atoms in total. The van der Waals surface area contributed by atoms with Gasteiger partial charge in [0.15, 0.2) is 0 Å². The first-order valence-electron chi connectivity index (χ1n) is 12.6. The number of hydrogen-bond donors (Lipinski definition) is 2. The van der Waals surface area contributed by atoms with Crippen LogP contribution in [0.3, 0.4) is 0 Å². The third kappa shape index (κ3) is 9.39. The molecule has 1 aliphatic rings. The van der Waals surface area contributed by atoms with E-state index >= 15 is 0 Å². The van der Waals surface area contributed by atoms with Crippen LogP contribution >= 0.6 is 11.3 Å². The fraction of sp³-hybridized carbons (Fsp3) is 0.333. The number of piperazine rings is 1. The number of benzene rings is 1. The zero-order chi connectivity index (χ0) is 32.7. The van der Waals surface area contributed by atoms with Crippen molar-refractivity contribution in [1.82, 2.24) is 24.2 Å². The summed E-state index contributed by atoms with van der Waals surface area (Å²) < 4.78 is 71.0. The van der Waals surface area contributed by atoms with Gasteiger partial charge < -0.3 is 14.9 Å². The number of halogens is 6. The molecule has 4 aromatic rings. The molecule has 0 spiro atoms. The Hall–Kier alpha value is -4.22. The van der Waals surface area contributed by atoms with Gasteiger partial charge in [-0.1, -0.05) is 6.07 Å². The number of hydrogen-bond acceptors (Lipinski definition) is 8. The fourth-order valence-electron chi connectivity index (χ4n) is 4.10. The molecule has 0 radical (unpaired) electrons. The lowest BCUT2D eigenvalue weighted by atomic mass is 10.1. The Bertz CT molecular complexity index is 1500. The number of fused-ring (bicyclic) bond motifs is 1. The number of nitrogens with zero attached hydrogens (tertiary/aromatic N) is 5. The van der Waals surface area contributed by atoms with Gasteiger partial charge in [0.25, 0.3) is 0 Å². The van der Waals surface area contributed by atoms with Crippen LogP contribution in [0.25, 0.3) is 16.9 Å². The van der Waals surface area contributed by atoms with Gasteiger partial charge in [-0.05, 0) is 49.0 Å². The summed E-state index contributed by atoms with van der Waals surface area (Å²) in [5.41, 5.74) is 4.37. The number of alkyl halides is 6. The maximum atomic E-state index is 10.6. The zero-order valence-electron chi connectivity index (χ0n) is 23.2. The van der Waals surface area contributed by atoms with E-state index in [-0.39, 0.29) is 6.04 Å². The Morgan fingerprint density at radius 1 is 1.00 bits per heavy atom. The van der Waals surface area contributed by atoms with Gasteiger partial charge in [-0.2, -0.15) is 26.3 Å². The van der Waals surface area contributed by atoms with Crippen molar-refractivity contribution in [3.8, 4) is 17.0 Å². The number of likely N-dealkylation sites (N-methyl/N-ethyl adjacent to an activating group) is 1. The number of aliphatic carboxylic acids is 2. The summed E-state index contributed by atoms with van der Waals surface area (Å²) in [7, 11) is 3.89. The van der Waals surface area contributed by atoms with E-state index in [9.17, 15) is 26.3 Å². The molecular weight excluding hydrogens is 620 g/mol. The minimum Gasteiger partial charge on any atom is -0.497 e. The van der Waals surface area contributed by atoms with E-state index in [1.54, 1.807) is 18.4 Å². The molecule has 3 aromatic heterocycles. The first-order chi connectivity index (χ1) is 20.6. The number of imidazole rings is 1. The molecule has 5 rings (SSSR count). The van der Waals surface area contributed by atoms with Gasteiger partial charge in [0.1, 0.15) is 16.4 Å². The SMILES string of the molecule is COc1ccc(-c2cccc3nc(C4CN(Cc5nccs5)CCN4C)cn23)cc1.O=C(O)C(F)(F)F.O=C(O)C(F)(F)F. The summed E-state index contributed by atoms with van der Waals surface area (Å²) in [6.45, 7) is 3.94. The first kappa shape index (κ1) is 34.3. The highest BCUT2D eigenvalue weighted by Crippen LogP contribution is 2.28. The third-order valence-corrected chi connectivity index (χ3v) is 7.06. The number of carboxylic acids is 2. The second-order valence-corrected chi connectivity index (χ2v) is 10.3. The number of ether oxygens (including phenoxy) is 1. The monoisotopic (exact) mass is 647 g/mol. The van der Waals surface area contributed by atoms with Crippen molar-refractivity contribution < 1.29 is 50.9 Å². The summed E-state index contributed by atoms with van der Waals surface area (Å²) in [5, 5.41) is 17.5. The topological polar surface area (TPSA) is 121 Å². The predicted octanol–water partition coefficient (Wildman–Crippen LogP) is 5.22. The van der Waals surface area contributed by atoms with E-state index in [1.807, 2.05) is 23.7 Å². The lowest BCUT2D eigenvalue weighted by Gasteiger charge is -2.38. The molecule has 1 saturated heterocycles. The Kier molecular flexibility index (Phi) is 11.3. The van der Waals surface area contributed by atoms with Crippen LogP contribution in [0.1, 0.15) is 16.7 Å². The van der Waals surface area contributed by atoms with E-state index in [4.69, 9.17) is 29.5 Å². The summed E-state index contributed by atoms with van der Waals surface area (Å²) in [6.07, 6.45) is -6.08. The fourth-order valence-corrected chi connectivity index (χ4v) is 4.76. The van der Waals surface area contributed by atoms with Crippen LogP contribution in [0.4, 0.5) is 26.3 Å². The molecule has 0 aliphatic carbocycles. The standard InChI is InChI=1S/C23H25N5OS.2C2HF3O2/c1-26-11-12-27(16-23-24-10-13-30-23)15-21(26)19-14-28-20(4-3-5-22(28)25-19)17-6-8-18(29-2)9-7-17;2*3-2(4,5)1(6)7/h3-10,13-14,21H,11-12,15-16H2,1-2H3;2*(H,6,7). The predicted molar refractivity (Wildman–Crippen MR) is 147 cm³/mol. The van der Waals surface area contributed by atoms with Crippen molar-refractivity contribution in [3.63, 3.8) is 0 Å². The van der Waals surface area contributed by atoms with Crippen LogP contribution in [0.5, 0.6) is 5.75 Å². The van der Waals surface area contributed by atoms with Gasteiger partial charge in [0.05, 0.1) is 31.1 Å². The quantitative estimate of drug-likeness (QED) is 0.281. The van der Waals surface area contributed by atoms with E-state index in [0.29, 0.717) is 0 Å². The highest BCUT2D eigenvalue weighted by Gasteiger charge is 2.39. The maximum Gasteiger partial charge on any atom is 0.490 e. The second-order valence-electron chi connectivity index (χ2n) is 9.30. The average Bonchev–Trinajstić information content (AvgIpc) is 3.64. The van der Waals surface area contributed by atoms with E-state index in [2.05, 4.69) is 62.8 Å². The Morgan fingerprint density at radius 3 is 2.14 bits per heavy atom. The maximum absolute atomic E-state index is 10.6. The smallest absolute Gasteiger partial charge is 0.490 e. The molecule has 17 heteroatoms. The molecule has 1 atom stereocenters. The van der Waals surface area contributed by atoms with Crippen molar-refractivity contribution in [2.45, 2.75) is 24.9 Å². The molecule has 4 heterocycles. The van der Waals surface area contributed by atoms with Gasteiger partial charge in [0, 0.05) is 37.4 Å². The van der Waals surface area contributed by atoms with Crippen LogP contribution in [-0.4, -0.2) is 92.5 Å². The lowest BCUT2D eigenvalue weighted by molar-refractivity contribution is -0.193. The van der Waals surface area contributed by atoms with Crippen LogP contribution in [-0.2, 0) is 16.1 Å². The highest BCUT2D eigenvalue weighted by molar-refractivity contribution is 7.09. The number of carboxylic acid groups (broad SMARTS) is 2. The molecule has 1 aliphatic heterocycles. The second kappa shape index (κ2) is 14.5. The van der Waals surface area contributed by atoms with Crippen molar-refractivity contribution in [2.24, 2.45) is 0 Å². The van der Waals surface area contributed by atoms with Gasteiger partial charge in [0.2, 0.25) is 0 Å². The van der Waals surface area contributed by atoms with Gasteiger partial charge in [-0.25, -0.2) is 19.6 Å². The van der Waals surface area contributed by atoms with Crippen molar-refractivity contribution in [2.75, 3.05) is 33.8 Å². The molecule has 0 bridgehead atoms. The lowest BCUT2D eigenvalue weighted by Crippen LogP contribution is -2.46. The van der Waals surface area contributed by atoms with Crippen molar-refractivity contribution in [1.29, 1.82) is 0 Å². The Morgan fingerprint density at radius 2 is 1.61 bits per heavy atom. The summed E-state index contributed by atoms with van der Waals surface area (Å²) in [6, 6.07) is 14.7. The molecular formula is C27H27F6N5O5S. The summed E-state index contributed by atoms with van der Waals surface area (Å²) >= 11 is 1.73. The minimum absolute atomic E-state index is 0.266. The van der Waals surface area contributed by atoms with E-state index in [0.717, 1.165) is 54.5 Å². The summed E-state index contributed by atoms with van der Waals surface area (Å²) in [4.78, 5) is 32.1. The van der Waals surface area contributed by atoms with Crippen molar-refractivity contribution in [3.05, 3.63) is 70.9 Å². The molecule has 0 amide bonds.